The van der Waals surface area contributed by atoms with E-state index in [0.29, 0.717) is 11.3 Å². The van der Waals surface area contributed by atoms with Gasteiger partial charge in [-0.1, -0.05) is 11.6 Å². The first kappa shape index (κ1) is 13.8. The van der Waals surface area contributed by atoms with Crippen LogP contribution in [0.3, 0.4) is 0 Å². The molecule has 0 aliphatic carbocycles. The van der Waals surface area contributed by atoms with Gasteiger partial charge in [0.1, 0.15) is 6.54 Å². The highest BCUT2D eigenvalue weighted by Crippen LogP contribution is 2.27. The zero-order chi connectivity index (χ0) is 13.1. The molecule has 0 aromatic heterocycles. The summed E-state index contributed by atoms with van der Waals surface area (Å²) in [6.07, 6.45) is -3.80. The van der Waals surface area contributed by atoms with Crippen molar-refractivity contribution < 1.29 is 18.0 Å². The molecule has 1 aromatic carbocycles. The Bertz CT molecular complexity index is 406. The molecule has 0 saturated heterocycles. The number of alkyl halides is 3. The number of aldehydes is 1. The highest BCUT2D eigenvalue weighted by Gasteiger charge is 2.31. The van der Waals surface area contributed by atoms with E-state index in [0.717, 1.165) is 4.90 Å². The van der Waals surface area contributed by atoms with E-state index in [1.165, 1.54) is 18.2 Å². The van der Waals surface area contributed by atoms with Gasteiger partial charge in [0.2, 0.25) is 0 Å². The topological polar surface area (TPSA) is 20.3 Å². The van der Waals surface area contributed by atoms with E-state index in [1.807, 2.05) is 0 Å². The van der Waals surface area contributed by atoms with E-state index in [-0.39, 0.29) is 17.8 Å². The maximum Gasteiger partial charge on any atom is 0.405 e. The summed E-state index contributed by atoms with van der Waals surface area (Å²) in [5, 5.41) is 0.297. The minimum Gasteiger partial charge on any atom is -0.362 e. The van der Waals surface area contributed by atoms with Crippen LogP contribution in [0.2, 0.25) is 5.02 Å². The van der Waals surface area contributed by atoms with E-state index >= 15 is 0 Å². The second kappa shape index (κ2) is 5.40. The molecule has 17 heavy (non-hydrogen) atoms. The monoisotopic (exact) mass is 265 g/mol. The Morgan fingerprint density at radius 1 is 1.41 bits per heavy atom. The van der Waals surface area contributed by atoms with E-state index in [1.54, 1.807) is 6.92 Å². The standard InChI is InChI=1S/C11H11ClF3NO/c1-2-16(7-11(13,14)15)10-5-9(12)4-3-8(10)6-17/h3-6H,2,7H2,1H3. The Hall–Kier alpha value is -1.23. The van der Waals surface area contributed by atoms with E-state index in [9.17, 15) is 18.0 Å². The molecule has 0 N–H and O–H groups in total. The Morgan fingerprint density at radius 2 is 2.06 bits per heavy atom. The Morgan fingerprint density at radius 3 is 2.53 bits per heavy atom. The van der Waals surface area contributed by atoms with Gasteiger partial charge in [0.15, 0.2) is 6.29 Å². The average Bonchev–Trinajstić information content (AvgIpc) is 2.24. The Kier molecular flexibility index (Phi) is 4.40. The van der Waals surface area contributed by atoms with Gasteiger partial charge in [0.05, 0.1) is 0 Å². The van der Waals surface area contributed by atoms with Crippen molar-refractivity contribution >= 4 is 23.6 Å². The molecule has 0 atom stereocenters. The molecule has 0 fully saturated rings. The molecular formula is C11H11ClF3NO. The predicted molar refractivity (Wildman–Crippen MR) is 60.8 cm³/mol. The van der Waals surface area contributed by atoms with Gasteiger partial charge in [-0.25, -0.2) is 0 Å². The van der Waals surface area contributed by atoms with Crippen molar-refractivity contribution in [3.05, 3.63) is 28.8 Å². The SMILES string of the molecule is CCN(CC(F)(F)F)c1cc(Cl)ccc1C=O. The third kappa shape index (κ3) is 3.93. The molecular weight excluding hydrogens is 255 g/mol. The number of halogens is 4. The smallest absolute Gasteiger partial charge is 0.362 e. The fraction of sp³-hybridized carbons (Fsp3) is 0.364. The molecule has 0 amide bonds. The molecule has 0 spiro atoms. The molecule has 1 rings (SSSR count). The van der Waals surface area contributed by atoms with E-state index in [2.05, 4.69) is 0 Å². The highest BCUT2D eigenvalue weighted by atomic mass is 35.5. The lowest BCUT2D eigenvalue weighted by atomic mass is 10.1. The minimum atomic E-state index is -4.32. The van der Waals surface area contributed by atoms with Crippen molar-refractivity contribution in [3.63, 3.8) is 0 Å². The third-order valence-electron chi connectivity index (χ3n) is 2.21. The summed E-state index contributed by atoms with van der Waals surface area (Å²) < 4.78 is 37.1. The van der Waals surface area contributed by atoms with Gasteiger partial charge < -0.3 is 4.90 Å². The normalized spacial score (nSPS) is 11.4. The van der Waals surface area contributed by atoms with Crippen LogP contribution in [0.1, 0.15) is 17.3 Å². The van der Waals surface area contributed by atoms with Gasteiger partial charge in [-0.15, -0.1) is 0 Å². The molecule has 1 aromatic rings. The van der Waals surface area contributed by atoms with Gasteiger partial charge in [0.25, 0.3) is 0 Å². The van der Waals surface area contributed by atoms with Crippen molar-refractivity contribution in [2.24, 2.45) is 0 Å². The number of carbonyl (C=O) groups excluding carboxylic acids is 1. The van der Waals surface area contributed by atoms with Crippen molar-refractivity contribution in [2.45, 2.75) is 13.1 Å². The van der Waals surface area contributed by atoms with Gasteiger partial charge in [-0.3, -0.25) is 4.79 Å². The highest BCUT2D eigenvalue weighted by molar-refractivity contribution is 6.31. The van der Waals surface area contributed by atoms with Crippen LogP contribution in [0.15, 0.2) is 18.2 Å². The van der Waals surface area contributed by atoms with Gasteiger partial charge in [0, 0.05) is 22.8 Å². The molecule has 0 bridgehead atoms. The quantitative estimate of drug-likeness (QED) is 0.776. The van der Waals surface area contributed by atoms with Gasteiger partial charge >= 0.3 is 6.18 Å². The fourth-order valence-electron chi connectivity index (χ4n) is 1.47. The summed E-state index contributed by atoms with van der Waals surface area (Å²) in [7, 11) is 0. The second-order valence-electron chi connectivity index (χ2n) is 3.45. The third-order valence-corrected chi connectivity index (χ3v) is 2.45. The van der Waals surface area contributed by atoms with Crippen LogP contribution < -0.4 is 4.90 Å². The lowest BCUT2D eigenvalue weighted by Crippen LogP contribution is -2.34. The number of carbonyl (C=O) groups is 1. The first-order valence-electron chi connectivity index (χ1n) is 4.94. The van der Waals surface area contributed by atoms with Gasteiger partial charge in [-0.05, 0) is 25.1 Å². The first-order chi connectivity index (χ1) is 7.87. The number of hydrogen-bond acceptors (Lipinski definition) is 2. The molecule has 0 heterocycles. The molecule has 0 radical (unpaired) electrons. The molecule has 0 aliphatic rings. The van der Waals surface area contributed by atoms with Crippen LogP contribution in [0.25, 0.3) is 0 Å². The van der Waals surface area contributed by atoms with Crippen LogP contribution in [-0.4, -0.2) is 25.6 Å². The fourth-order valence-corrected chi connectivity index (χ4v) is 1.64. The largest absolute Gasteiger partial charge is 0.405 e. The van der Waals surface area contributed by atoms with Crippen LogP contribution in [-0.2, 0) is 0 Å². The molecule has 0 aliphatic heterocycles. The van der Waals surface area contributed by atoms with Crippen LogP contribution >= 0.6 is 11.6 Å². The maximum absolute atomic E-state index is 12.4. The molecule has 2 nitrogen and oxygen atoms in total. The maximum atomic E-state index is 12.4. The Labute approximate surface area is 102 Å². The van der Waals surface area contributed by atoms with Crippen molar-refractivity contribution in [1.29, 1.82) is 0 Å². The lowest BCUT2D eigenvalue weighted by Gasteiger charge is -2.25. The zero-order valence-corrected chi connectivity index (χ0v) is 9.85. The summed E-state index contributed by atoms with van der Waals surface area (Å²) in [4.78, 5) is 11.8. The average molecular weight is 266 g/mol. The van der Waals surface area contributed by atoms with Crippen LogP contribution in [0.5, 0.6) is 0 Å². The zero-order valence-electron chi connectivity index (χ0n) is 9.09. The van der Waals surface area contributed by atoms with Crippen LogP contribution in [0, 0.1) is 0 Å². The summed E-state index contributed by atoms with van der Waals surface area (Å²) in [5.41, 5.74) is 0.396. The van der Waals surface area contributed by atoms with Crippen LogP contribution in [0.4, 0.5) is 18.9 Å². The molecule has 6 heteroatoms. The summed E-state index contributed by atoms with van der Waals surface area (Å²) in [5.74, 6) is 0. The summed E-state index contributed by atoms with van der Waals surface area (Å²) in [6, 6.07) is 4.24. The number of anilines is 1. The number of rotatable bonds is 4. The van der Waals surface area contributed by atoms with E-state index < -0.39 is 12.7 Å². The molecule has 0 unspecified atom stereocenters. The van der Waals surface area contributed by atoms with E-state index in [4.69, 9.17) is 11.6 Å². The molecule has 0 saturated carbocycles. The van der Waals surface area contributed by atoms with Gasteiger partial charge in [-0.2, -0.15) is 13.2 Å². The molecule has 94 valence electrons. The second-order valence-corrected chi connectivity index (χ2v) is 3.89. The Balaban J connectivity index is 3.10. The number of hydrogen-bond donors (Lipinski definition) is 0. The number of nitrogens with zero attached hydrogens (tertiary/aromatic N) is 1. The summed E-state index contributed by atoms with van der Waals surface area (Å²) in [6.45, 7) is 0.618. The number of benzene rings is 1. The van der Waals surface area contributed by atoms with Crippen molar-refractivity contribution in [1.82, 2.24) is 0 Å². The predicted octanol–water partition coefficient (Wildman–Crippen LogP) is 3.54. The first-order valence-corrected chi connectivity index (χ1v) is 5.31. The van der Waals surface area contributed by atoms with Crippen molar-refractivity contribution in [3.8, 4) is 0 Å². The van der Waals surface area contributed by atoms with Crippen molar-refractivity contribution in [2.75, 3.05) is 18.0 Å². The minimum absolute atomic E-state index is 0.140. The lowest BCUT2D eigenvalue weighted by molar-refractivity contribution is -0.119. The summed E-state index contributed by atoms with van der Waals surface area (Å²) >= 11 is 5.72.